The molecule has 0 radical (unpaired) electrons. The second kappa shape index (κ2) is 2.62. The van der Waals surface area contributed by atoms with Crippen molar-refractivity contribution < 1.29 is 0 Å². The Bertz CT molecular complexity index is 240. The third kappa shape index (κ3) is 1.03. The lowest BCUT2D eigenvalue weighted by molar-refractivity contribution is 0.818. The monoisotopic (exact) mass is 158 g/mol. The van der Waals surface area contributed by atoms with Crippen LogP contribution < -0.4 is 0 Å². The van der Waals surface area contributed by atoms with Gasteiger partial charge >= 0.3 is 0 Å². The smallest absolute Gasteiger partial charge is 0.123 e. The first kappa shape index (κ1) is 7.61. The molecule has 1 aromatic rings. The highest BCUT2D eigenvalue weighted by atomic mass is 35.5. The molecule has 1 rings (SSSR count). The Hall–Kier alpha value is -0.500. The van der Waals surface area contributed by atoms with E-state index in [1.807, 2.05) is 25.5 Å². The predicted octanol–water partition coefficient (Wildman–Crippen LogP) is 1.78. The lowest BCUT2D eigenvalue weighted by Gasteiger charge is -1.97. The number of aryl methyl sites for hydroxylation is 1. The van der Waals surface area contributed by atoms with E-state index >= 15 is 0 Å². The molecule has 0 aliphatic rings. The minimum absolute atomic E-state index is 0.491. The van der Waals surface area contributed by atoms with Crippen molar-refractivity contribution in [3.05, 3.63) is 17.2 Å². The normalized spacial score (nSPS) is 10.4. The molecule has 0 spiro atoms. The van der Waals surface area contributed by atoms with Crippen molar-refractivity contribution in [1.29, 1.82) is 0 Å². The van der Waals surface area contributed by atoms with Crippen LogP contribution in [0.25, 0.3) is 0 Å². The van der Waals surface area contributed by atoms with Crippen LogP contribution in [0.15, 0.2) is 0 Å². The number of hydrogen-bond donors (Lipinski definition) is 0. The van der Waals surface area contributed by atoms with Crippen LogP contribution in [0.2, 0.25) is 0 Å². The summed E-state index contributed by atoms with van der Waals surface area (Å²) in [4.78, 5) is 4.26. The van der Waals surface area contributed by atoms with Gasteiger partial charge in [-0.05, 0) is 13.8 Å². The molecule has 0 saturated carbocycles. The average Bonchev–Trinajstić information content (AvgIpc) is 2.17. The Labute approximate surface area is 65.8 Å². The van der Waals surface area contributed by atoms with Gasteiger partial charge in [0.05, 0.1) is 11.6 Å². The van der Waals surface area contributed by atoms with Gasteiger partial charge in [0.25, 0.3) is 0 Å². The van der Waals surface area contributed by atoms with Gasteiger partial charge in [0.1, 0.15) is 5.82 Å². The van der Waals surface area contributed by atoms with Crippen molar-refractivity contribution in [3.63, 3.8) is 0 Å². The molecule has 10 heavy (non-hydrogen) atoms. The first-order chi connectivity index (χ1) is 4.66. The minimum Gasteiger partial charge on any atom is -0.334 e. The molecule has 0 bridgehead atoms. The summed E-state index contributed by atoms with van der Waals surface area (Å²) in [6.45, 7) is 4.03. The first-order valence-corrected chi connectivity index (χ1v) is 3.75. The summed E-state index contributed by atoms with van der Waals surface area (Å²) >= 11 is 5.63. The molecule has 1 aromatic heterocycles. The summed E-state index contributed by atoms with van der Waals surface area (Å²) in [7, 11) is 1.98. The molecule has 0 atom stereocenters. The number of alkyl halides is 1. The molecule has 1 heterocycles. The number of aromatic nitrogens is 2. The van der Waals surface area contributed by atoms with Crippen molar-refractivity contribution in [2.45, 2.75) is 19.7 Å². The summed E-state index contributed by atoms with van der Waals surface area (Å²) in [6.07, 6.45) is 0. The number of hydrogen-bond acceptors (Lipinski definition) is 1. The van der Waals surface area contributed by atoms with Gasteiger partial charge in [-0.1, -0.05) is 0 Å². The average molecular weight is 159 g/mol. The van der Waals surface area contributed by atoms with Crippen LogP contribution in [0.3, 0.4) is 0 Å². The maximum atomic E-state index is 5.63. The molecule has 0 saturated heterocycles. The highest BCUT2D eigenvalue weighted by Gasteiger charge is 2.04. The van der Waals surface area contributed by atoms with Crippen molar-refractivity contribution in [2.75, 3.05) is 0 Å². The Morgan fingerprint density at radius 1 is 1.50 bits per heavy atom. The zero-order valence-corrected chi connectivity index (χ0v) is 7.24. The van der Waals surface area contributed by atoms with Crippen LogP contribution in [0.1, 0.15) is 17.2 Å². The quantitative estimate of drug-likeness (QED) is 0.570. The Balaban J connectivity index is 3.17. The van der Waals surface area contributed by atoms with Gasteiger partial charge in [0.15, 0.2) is 0 Å². The van der Waals surface area contributed by atoms with Gasteiger partial charge in [0, 0.05) is 12.7 Å². The lowest BCUT2D eigenvalue weighted by Crippen LogP contribution is -1.95. The number of nitrogens with zero attached hydrogens (tertiary/aromatic N) is 2. The molecule has 0 aliphatic carbocycles. The van der Waals surface area contributed by atoms with Crippen molar-refractivity contribution in [3.8, 4) is 0 Å². The topological polar surface area (TPSA) is 17.8 Å². The summed E-state index contributed by atoms with van der Waals surface area (Å²) in [5.41, 5.74) is 2.26. The maximum Gasteiger partial charge on any atom is 0.123 e. The van der Waals surface area contributed by atoms with E-state index in [1.54, 1.807) is 0 Å². The maximum absolute atomic E-state index is 5.63. The van der Waals surface area contributed by atoms with Crippen LogP contribution in [-0.2, 0) is 12.9 Å². The number of imidazole rings is 1. The van der Waals surface area contributed by atoms with Gasteiger partial charge in [-0.3, -0.25) is 0 Å². The molecule has 56 valence electrons. The van der Waals surface area contributed by atoms with E-state index in [-0.39, 0.29) is 0 Å². The van der Waals surface area contributed by atoms with Crippen LogP contribution in [-0.4, -0.2) is 9.55 Å². The second-order valence-corrected chi connectivity index (χ2v) is 2.66. The van der Waals surface area contributed by atoms with Crippen LogP contribution in [0, 0.1) is 13.8 Å². The summed E-state index contributed by atoms with van der Waals surface area (Å²) < 4.78 is 2.02. The Morgan fingerprint density at radius 2 is 2.10 bits per heavy atom. The van der Waals surface area contributed by atoms with Gasteiger partial charge < -0.3 is 4.57 Å². The van der Waals surface area contributed by atoms with E-state index in [0.717, 1.165) is 11.5 Å². The molecule has 3 heteroatoms. The van der Waals surface area contributed by atoms with E-state index in [2.05, 4.69) is 4.98 Å². The van der Waals surface area contributed by atoms with Gasteiger partial charge in [-0.2, -0.15) is 0 Å². The molecular formula is C7H11ClN2. The van der Waals surface area contributed by atoms with Crippen molar-refractivity contribution >= 4 is 11.6 Å². The molecular weight excluding hydrogens is 148 g/mol. The fourth-order valence-corrected chi connectivity index (χ4v) is 1.14. The van der Waals surface area contributed by atoms with Crippen molar-refractivity contribution in [2.24, 2.45) is 7.05 Å². The zero-order chi connectivity index (χ0) is 7.72. The molecule has 0 aromatic carbocycles. The predicted molar refractivity (Wildman–Crippen MR) is 42.2 cm³/mol. The zero-order valence-electron chi connectivity index (χ0n) is 6.48. The van der Waals surface area contributed by atoms with Gasteiger partial charge in [-0.15, -0.1) is 11.6 Å². The van der Waals surface area contributed by atoms with E-state index in [0.29, 0.717) is 5.88 Å². The summed E-state index contributed by atoms with van der Waals surface area (Å²) in [6, 6.07) is 0. The third-order valence-corrected chi connectivity index (χ3v) is 2.07. The molecule has 0 unspecified atom stereocenters. The molecule has 0 N–H and O–H groups in total. The Kier molecular flexibility index (Phi) is 2.00. The minimum atomic E-state index is 0.491. The molecule has 0 amide bonds. The van der Waals surface area contributed by atoms with Gasteiger partial charge in [-0.25, -0.2) is 4.98 Å². The largest absolute Gasteiger partial charge is 0.334 e. The second-order valence-electron chi connectivity index (χ2n) is 2.39. The van der Waals surface area contributed by atoms with Crippen molar-refractivity contribution in [1.82, 2.24) is 9.55 Å². The molecule has 2 nitrogen and oxygen atoms in total. The van der Waals surface area contributed by atoms with Gasteiger partial charge in [0.2, 0.25) is 0 Å². The summed E-state index contributed by atoms with van der Waals surface area (Å²) in [5, 5.41) is 0. The first-order valence-electron chi connectivity index (χ1n) is 3.21. The Morgan fingerprint density at radius 3 is 2.30 bits per heavy atom. The SMILES string of the molecule is Cc1nc(CCl)n(C)c1C. The van der Waals surface area contributed by atoms with E-state index in [1.165, 1.54) is 5.69 Å². The molecule has 0 aliphatic heterocycles. The number of halogens is 1. The third-order valence-electron chi connectivity index (χ3n) is 1.83. The van der Waals surface area contributed by atoms with Crippen LogP contribution >= 0.6 is 11.6 Å². The number of rotatable bonds is 1. The fraction of sp³-hybridized carbons (Fsp3) is 0.571. The molecule has 0 fully saturated rings. The highest BCUT2D eigenvalue weighted by Crippen LogP contribution is 2.08. The summed E-state index contributed by atoms with van der Waals surface area (Å²) in [5.74, 6) is 1.43. The highest BCUT2D eigenvalue weighted by molar-refractivity contribution is 6.16. The van der Waals surface area contributed by atoms with E-state index < -0.39 is 0 Å². The van der Waals surface area contributed by atoms with Crippen LogP contribution in [0.5, 0.6) is 0 Å². The standard InChI is InChI=1S/C7H11ClN2/c1-5-6(2)10(3)7(4-8)9-5/h4H2,1-3H3. The van der Waals surface area contributed by atoms with E-state index in [9.17, 15) is 0 Å². The lowest BCUT2D eigenvalue weighted by atomic mass is 10.4. The van der Waals surface area contributed by atoms with Crippen LogP contribution in [0.4, 0.5) is 0 Å². The van der Waals surface area contributed by atoms with E-state index in [4.69, 9.17) is 11.6 Å². The fourth-order valence-electron chi connectivity index (χ4n) is 0.905.